The summed E-state index contributed by atoms with van der Waals surface area (Å²) >= 11 is 5.61. The number of esters is 2. The molecule has 224 valence electrons. The molecule has 1 saturated heterocycles. The number of carbonyl (C=O) groups is 3. The highest BCUT2D eigenvalue weighted by Crippen LogP contribution is 2.56. The standard InChI is InChI=1S/C31H28ClNO10/c1-37-23-8-16(9-24(38-2)29(23)39-3)26-18-10-21-22(42-14-41-21)11-19(18)28(20-13-40-31(36)27(20)26)43-30(35)15-5-4-6-17(7-15)33-25(34)12-32/h4-11,20,26-28H,12-14H2,1-3H3,(H,33,34)/t20?,26-,27+,28+/m1/s1. The van der Waals surface area contributed by atoms with Crippen LogP contribution in [0, 0.1) is 11.8 Å². The zero-order valence-electron chi connectivity index (χ0n) is 23.5. The van der Waals surface area contributed by atoms with Gasteiger partial charge in [0.05, 0.1) is 39.4 Å². The molecule has 1 aliphatic carbocycles. The first kappa shape index (κ1) is 28.5. The van der Waals surface area contributed by atoms with Gasteiger partial charge in [0, 0.05) is 23.1 Å². The lowest BCUT2D eigenvalue weighted by molar-refractivity contribution is -0.141. The highest BCUT2D eigenvalue weighted by Gasteiger charge is 2.54. The smallest absolute Gasteiger partial charge is 0.338 e. The Hall–Kier alpha value is -4.64. The van der Waals surface area contributed by atoms with E-state index in [1.807, 2.05) is 6.07 Å². The molecule has 2 aliphatic heterocycles. The summed E-state index contributed by atoms with van der Waals surface area (Å²) < 4.78 is 39.8. The Balaban J connectivity index is 1.45. The van der Waals surface area contributed by atoms with E-state index < -0.39 is 41.7 Å². The van der Waals surface area contributed by atoms with Crippen molar-refractivity contribution >= 4 is 35.1 Å². The van der Waals surface area contributed by atoms with Gasteiger partial charge < -0.3 is 38.5 Å². The number of benzene rings is 3. The largest absolute Gasteiger partial charge is 0.493 e. The highest BCUT2D eigenvalue weighted by molar-refractivity contribution is 6.29. The van der Waals surface area contributed by atoms with Gasteiger partial charge in [-0.1, -0.05) is 6.07 Å². The number of ether oxygens (including phenoxy) is 7. The lowest BCUT2D eigenvalue weighted by Gasteiger charge is -2.38. The molecule has 4 atom stereocenters. The number of alkyl halides is 1. The van der Waals surface area contributed by atoms with Gasteiger partial charge in [0.25, 0.3) is 0 Å². The summed E-state index contributed by atoms with van der Waals surface area (Å²) in [7, 11) is 4.56. The third-order valence-corrected chi connectivity index (χ3v) is 8.15. The maximum Gasteiger partial charge on any atom is 0.338 e. The molecule has 6 rings (SSSR count). The maximum atomic E-state index is 13.5. The van der Waals surface area contributed by atoms with Gasteiger partial charge in [0.2, 0.25) is 18.4 Å². The summed E-state index contributed by atoms with van der Waals surface area (Å²) in [6.07, 6.45) is -0.854. The van der Waals surface area contributed by atoms with Crippen LogP contribution in [0.1, 0.15) is 39.1 Å². The molecular formula is C31H28ClNO10. The summed E-state index contributed by atoms with van der Waals surface area (Å²) in [6.45, 7) is 0.0787. The number of anilines is 1. The van der Waals surface area contributed by atoms with Crippen molar-refractivity contribution in [2.75, 3.05) is 45.9 Å². The molecule has 0 bridgehead atoms. The van der Waals surface area contributed by atoms with E-state index >= 15 is 0 Å². The first-order chi connectivity index (χ1) is 20.9. The summed E-state index contributed by atoms with van der Waals surface area (Å²) in [4.78, 5) is 38.7. The number of halogens is 1. The molecule has 2 heterocycles. The molecule has 1 N–H and O–H groups in total. The number of methoxy groups -OCH3 is 3. The molecule has 43 heavy (non-hydrogen) atoms. The second-order valence-corrected chi connectivity index (χ2v) is 10.4. The summed E-state index contributed by atoms with van der Waals surface area (Å²) in [5.41, 5.74) is 2.69. The van der Waals surface area contributed by atoms with E-state index in [0.29, 0.717) is 45.6 Å². The minimum atomic E-state index is -0.854. The first-order valence-electron chi connectivity index (χ1n) is 13.4. The SMILES string of the molecule is COc1cc([C@@H]2c3cc4c(cc3[C@H](OC(=O)c3cccc(NC(=O)CCl)c3)C3COC(=O)[C@@H]32)OCO4)cc(OC)c1OC. The van der Waals surface area contributed by atoms with Gasteiger partial charge in [-0.15, -0.1) is 11.6 Å². The molecule has 1 unspecified atom stereocenters. The minimum absolute atomic E-state index is 0.0350. The van der Waals surface area contributed by atoms with Crippen LogP contribution in [0.3, 0.4) is 0 Å². The number of fused-ring (bicyclic) bond motifs is 3. The van der Waals surface area contributed by atoms with E-state index in [1.165, 1.54) is 27.4 Å². The molecule has 0 saturated carbocycles. The predicted octanol–water partition coefficient (Wildman–Crippen LogP) is 4.45. The van der Waals surface area contributed by atoms with Crippen LogP contribution < -0.4 is 29.0 Å². The number of rotatable bonds is 8. The Kier molecular flexibility index (Phi) is 7.66. The average Bonchev–Trinajstić information content (AvgIpc) is 3.65. The van der Waals surface area contributed by atoms with Crippen molar-refractivity contribution < 1.29 is 47.5 Å². The Bertz CT molecular complexity index is 1580. The molecule has 1 amide bonds. The van der Waals surface area contributed by atoms with Gasteiger partial charge in [0.1, 0.15) is 12.0 Å². The van der Waals surface area contributed by atoms with Crippen LogP contribution in [0.25, 0.3) is 0 Å². The van der Waals surface area contributed by atoms with Crippen molar-refractivity contribution in [3.63, 3.8) is 0 Å². The Morgan fingerprint density at radius 1 is 0.930 bits per heavy atom. The second kappa shape index (κ2) is 11.6. The zero-order valence-corrected chi connectivity index (χ0v) is 24.3. The molecule has 12 heteroatoms. The van der Waals surface area contributed by atoms with Gasteiger partial charge >= 0.3 is 11.9 Å². The molecule has 3 aromatic rings. The first-order valence-corrected chi connectivity index (χ1v) is 14.0. The fourth-order valence-electron chi connectivity index (χ4n) is 6.05. The second-order valence-electron chi connectivity index (χ2n) is 10.2. The fraction of sp³-hybridized carbons (Fsp3) is 0.323. The average molecular weight is 610 g/mol. The van der Waals surface area contributed by atoms with Gasteiger partial charge in [-0.3, -0.25) is 9.59 Å². The van der Waals surface area contributed by atoms with E-state index in [0.717, 1.165) is 5.56 Å². The van der Waals surface area contributed by atoms with E-state index in [9.17, 15) is 14.4 Å². The molecule has 11 nitrogen and oxygen atoms in total. The molecule has 1 fully saturated rings. The van der Waals surface area contributed by atoms with Crippen LogP contribution in [-0.2, 0) is 19.1 Å². The van der Waals surface area contributed by atoms with Gasteiger partial charge in [-0.2, -0.15) is 0 Å². The van der Waals surface area contributed by atoms with Crippen LogP contribution in [0.2, 0.25) is 0 Å². The molecule has 0 spiro atoms. The Morgan fingerprint density at radius 3 is 2.28 bits per heavy atom. The third kappa shape index (κ3) is 5.03. The quantitative estimate of drug-likeness (QED) is 0.289. The van der Waals surface area contributed by atoms with Crippen molar-refractivity contribution in [3.05, 3.63) is 70.8 Å². The topological polar surface area (TPSA) is 128 Å². The Morgan fingerprint density at radius 2 is 1.63 bits per heavy atom. The lowest BCUT2D eigenvalue weighted by Crippen LogP contribution is -2.36. The normalized spacial score (nSPS) is 21.3. The molecular weight excluding hydrogens is 582 g/mol. The van der Waals surface area contributed by atoms with Gasteiger partial charge in [-0.25, -0.2) is 4.79 Å². The van der Waals surface area contributed by atoms with Crippen LogP contribution in [0.5, 0.6) is 28.7 Å². The number of nitrogens with one attached hydrogen (secondary N) is 1. The van der Waals surface area contributed by atoms with Gasteiger partial charge in [-0.05, 0) is 53.6 Å². The zero-order chi connectivity index (χ0) is 30.2. The number of carbonyl (C=O) groups excluding carboxylic acids is 3. The summed E-state index contributed by atoms with van der Waals surface area (Å²) in [5, 5.41) is 2.62. The Labute approximate surface area is 251 Å². The van der Waals surface area contributed by atoms with E-state index in [1.54, 1.807) is 36.4 Å². The van der Waals surface area contributed by atoms with Crippen molar-refractivity contribution in [2.24, 2.45) is 11.8 Å². The number of amides is 1. The number of hydrogen-bond donors (Lipinski definition) is 1. The van der Waals surface area contributed by atoms with Crippen LogP contribution in [0.4, 0.5) is 5.69 Å². The van der Waals surface area contributed by atoms with E-state index in [2.05, 4.69) is 5.32 Å². The maximum absolute atomic E-state index is 13.5. The molecule has 3 aliphatic rings. The van der Waals surface area contributed by atoms with Crippen molar-refractivity contribution in [3.8, 4) is 28.7 Å². The van der Waals surface area contributed by atoms with Gasteiger partial charge in [0.15, 0.2) is 23.0 Å². The monoisotopic (exact) mass is 609 g/mol. The molecule has 0 aromatic heterocycles. The van der Waals surface area contributed by atoms with Crippen molar-refractivity contribution in [1.82, 2.24) is 0 Å². The number of cyclic esters (lactones) is 1. The molecule has 0 radical (unpaired) electrons. The summed E-state index contributed by atoms with van der Waals surface area (Å²) in [6, 6.07) is 13.6. The van der Waals surface area contributed by atoms with Crippen LogP contribution in [-0.4, -0.2) is 58.5 Å². The minimum Gasteiger partial charge on any atom is -0.493 e. The lowest BCUT2D eigenvalue weighted by atomic mass is 9.66. The summed E-state index contributed by atoms with van der Waals surface area (Å²) in [5.74, 6) is -1.17. The van der Waals surface area contributed by atoms with Crippen LogP contribution in [0.15, 0.2) is 48.5 Å². The third-order valence-electron chi connectivity index (χ3n) is 7.90. The van der Waals surface area contributed by atoms with E-state index in [4.69, 9.17) is 44.8 Å². The van der Waals surface area contributed by atoms with Crippen molar-refractivity contribution in [2.45, 2.75) is 12.0 Å². The predicted molar refractivity (Wildman–Crippen MR) is 152 cm³/mol. The number of hydrogen-bond acceptors (Lipinski definition) is 10. The van der Waals surface area contributed by atoms with Crippen molar-refractivity contribution in [1.29, 1.82) is 0 Å². The fourth-order valence-corrected chi connectivity index (χ4v) is 6.11. The van der Waals surface area contributed by atoms with E-state index in [-0.39, 0.29) is 24.8 Å². The molecule has 3 aromatic carbocycles. The highest BCUT2D eigenvalue weighted by atomic mass is 35.5. The van der Waals surface area contributed by atoms with Crippen LogP contribution >= 0.6 is 11.6 Å².